The number of allylic oxidation sites excluding steroid dienone is 1. The van der Waals surface area contributed by atoms with E-state index in [0.29, 0.717) is 11.5 Å². The van der Waals surface area contributed by atoms with E-state index in [1.54, 1.807) is 6.08 Å². The second-order valence-corrected chi connectivity index (χ2v) is 6.88. The van der Waals surface area contributed by atoms with Crippen molar-refractivity contribution in [2.75, 3.05) is 0 Å². The van der Waals surface area contributed by atoms with Crippen LogP contribution in [0.2, 0.25) is 5.02 Å². The van der Waals surface area contributed by atoms with Gasteiger partial charge >= 0.3 is 5.97 Å². The first-order valence-electron chi connectivity index (χ1n) is 8.28. The Hall–Kier alpha value is -2.59. The molecule has 0 bridgehead atoms. The molecular weight excluding hydrogens is 352 g/mol. The number of benzene rings is 2. The molecule has 0 aliphatic carbocycles. The first kappa shape index (κ1) is 19.7. The van der Waals surface area contributed by atoms with Crippen LogP contribution in [0, 0.1) is 0 Å². The normalized spacial score (nSPS) is 12.5. The summed E-state index contributed by atoms with van der Waals surface area (Å²) in [5.74, 6) is -2.25. The number of carbonyl (C=O) groups is 2. The fourth-order valence-corrected chi connectivity index (χ4v) is 2.68. The Bertz CT molecular complexity index is 851. The van der Waals surface area contributed by atoms with Crippen molar-refractivity contribution >= 4 is 29.4 Å². The highest BCUT2D eigenvalue weighted by atomic mass is 35.5. The molecule has 0 heterocycles. The maximum atomic E-state index is 12.5. The number of halogens is 1. The standard InChI is InChI=1S/C21H21ClO4/c1-12(2)15-7-4-14(5-8-15)6-9-19(23)17-10-16(13(3)21(25)26)11-18(22)20(17)24/h4-13,24H,1-3H3,(H,25,26)/b9-6+/t13-/m1/s1. The van der Waals surface area contributed by atoms with Gasteiger partial charge in [-0.25, -0.2) is 0 Å². The summed E-state index contributed by atoms with van der Waals surface area (Å²) >= 11 is 5.96. The second-order valence-electron chi connectivity index (χ2n) is 6.48. The first-order chi connectivity index (χ1) is 12.2. The van der Waals surface area contributed by atoms with Crippen molar-refractivity contribution in [1.29, 1.82) is 0 Å². The third-order valence-electron chi connectivity index (χ3n) is 4.25. The number of carboxylic acid groups (broad SMARTS) is 1. The highest BCUT2D eigenvalue weighted by molar-refractivity contribution is 6.33. The van der Waals surface area contributed by atoms with E-state index in [0.717, 1.165) is 5.56 Å². The Labute approximate surface area is 157 Å². The van der Waals surface area contributed by atoms with E-state index >= 15 is 0 Å². The summed E-state index contributed by atoms with van der Waals surface area (Å²) in [4.78, 5) is 23.6. The minimum atomic E-state index is -1.04. The summed E-state index contributed by atoms with van der Waals surface area (Å²) in [5, 5.41) is 19.2. The van der Waals surface area contributed by atoms with E-state index in [9.17, 15) is 14.7 Å². The summed E-state index contributed by atoms with van der Waals surface area (Å²) in [6, 6.07) is 10.6. The topological polar surface area (TPSA) is 74.6 Å². The van der Waals surface area contributed by atoms with Crippen LogP contribution in [0.5, 0.6) is 5.75 Å². The molecule has 0 unspecified atom stereocenters. The molecular formula is C21H21ClO4. The number of carboxylic acids is 1. The molecule has 1 atom stereocenters. The smallest absolute Gasteiger partial charge is 0.310 e. The molecule has 2 rings (SSSR count). The summed E-state index contributed by atoms with van der Waals surface area (Å²) in [7, 11) is 0. The van der Waals surface area contributed by atoms with Crippen LogP contribution in [-0.4, -0.2) is 22.0 Å². The van der Waals surface area contributed by atoms with E-state index in [4.69, 9.17) is 16.7 Å². The van der Waals surface area contributed by atoms with E-state index in [2.05, 4.69) is 13.8 Å². The molecule has 0 saturated heterocycles. The van der Waals surface area contributed by atoms with Crippen LogP contribution in [0.3, 0.4) is 0 Å². The van der Waals surface area contributed by atoms with Crippen LogP contribution in [0.25, 0.3) is 6.08 Å². The molecule has 26 heavy (non-hydrogen) atoms. The fourth-order valence-electron chi connectivity index (χ4n) is 2.45. The van der Waals surface area contributed by atoms with Crippen LogP contribution >= 0.6 is 11.6 Å². The maximum absolute atomic E-state index is 12.5. The number of hydrogen-bond acceptors (Lipinski definition) is 3. The molecule has 2 aromatic carbocycles. The number of hydrogen-bond donors (Lipinski definition) is 2. The average molecular weight is 373 g/mol. The number of phenolic OH excluding ortho intramolecular Hbond substituents is 1. The highest BCUT2D eigenvalue weighted by Gasteiger charge is 2.20. The lowest BCUT2D eigenvalue weighted by Gasteiger charge is -2.11. The van der Waals surface area contributed by atoms with Gasteiger partial charge < -0.3 is 10.2 Å². The van der Waals surface area contributed by atoms with Gasteiger partial charge in [0.25, 0.3) is 0 Å². The van der Waals surface area contributed by atoms with Gasteiger partial charge in [-0.2, -0.15) is 0 Å². The quantitative estimate of drug-likeness (QED) is 0.536. The molecule has 0 amide bonds. The molecule has 5 heteroatoms. The van der Waals surface area contributed by atoms with Gasteiger partial charge in [0.15, 0.2) is 5.78 Å². The first-order valence-corrected chi connectivity index (χ1v) is 8.66. The van der Waals surface area contributed by atoms with Gasteiger partial charge in [-0.05, 0) is 47.7 Å². The molecule has 0 aliphatic rings. The van der Waals surface area contributed by atoms with Crippen molar-refractivity contribution in [2.24, 2.45) is 0 Å². The third kappa shape index (κ3) is 4.52. The zero-order chi connectivity index (χ0) is 19.4. The molecule has 0 fully saturated rings. The molecule has 4 nitrogen and oxygen atoms in total. The van der Waals surface area contributed by atoms with Crippen molar-refractivity contribution in [3.8, 4) is 5.75 Å². The molecule has 0 radical (unpaired) electrons. The van der Waals surface area contributed by atoms with E-state index in [1.807, 2.05) is 24.3 Å². The Balaban J connectivity index is 2.29. The van der Waals surface area contributed by atoms with Crippen LogP contribution in [-0.2, 0) is 4.79 Å². The Kier molecular flexibility index (Phi) is 6.22. The summed E-state index contributed by atoms with van der Waals surface area (Å²) in [6.07, 6.45) is 2.98. The number of ketones is 1. The number of aliphatic carboxylic acids is 1. The SMILES string of the molecule is CC(C)c1ccc(/C=C/C(=O)c2cc([C@@H](C)C(=O)O)cc(Cl)c2O)cc1. The third-order valence-corrected chi connectivity index (χ3v) is 4.54. The van der Waals surface area contributed by atoms with Gasteiger partial charge in [0.2, 0.25) is 0 Å². The van der Waals surface area contributed by atoms with Crippen molar-refractivity contribution in [3.05, 3.63) is 69.8 Å². The summed E-state index contributed by atoms with van der Waals surface area (Å²) in [5.41, 5.74) is 2.39. The highest BCUT2D eigenvalue weighted by Crippen LogP contribution is 2.32. The van der Waals surface area contributed by atoms with E-state index < -0.39 is 17.7 Å². The van der Waals surface area contributed by atoms with Gasteiger partial charge in [-0.1, -0.05) is 55.8 Å². The summed E-state index contributed by atoms with van der Waals surface area (Å²) < 4.78 is 0. The number of aromatic hydroxyl groups is 1. The van der Waals surface area contributed by atoms with Crippen molar-refractivity contribution in [2.45, 2.75) is 32.6 Å². The molecule has 0 spiro atoms. The Morgan fingerprint density at radius 3 is 2.19 bits per heavy atom. The largest absolute Gasteiger partial charge is 0.506 e. The summed E-state index contributed by atoms with van der Waals surface area (Å²) in [6.45, 7) is 5.70. The zero-order valence-electron chi connectivity index (χ0n) is 14.9. The molecule has 0 saturated carbocycles. The molecule has 0 aliphatic heterocycles. The van der Waals surface area contributed by atoms with Gasteiger partial charge in [0.1, 0.15) is 5.75 Å². The van der Waals surface area contributed by atoms with Crippen molar-refractivity contribution < 1.29 is 19.8 Å². The Morgan fingerprint density at radius 2 is 1.65 bits per heavy atom. The number of phenols is 1. The van der Waals surface area contributed by atoms with Crippen LogP contribution in [0.4, 0.5) is 0 Å². The van der Waals surface area contributed by atoms with Crippen LogP contribution in [0.1, 0.15) is 59.7 Å². The van der Waals surface area contributed by atoms with Gasteiger partial charge in [-0.3, -0.25) is 9.59 Å². The molecule has 2 N–H and O–H groups in total. The van der Waals surface area contributed by atoms with Crippen molar-refractivity contribution in [3.63, 3.8) is 0 Å². The van der Waals surface area contributed by atoms with E-state index in [1.165, 1.54) is 30.7 Å². The molecule has 2 aromatic rings. The van der Waals surface area contributed by atoms with Crippen LogP contribution in [0.15, 0.2) is 42.5 Å². The fraction of sp³-hybridized carbons (Fsp3) is 0.238. The lowest BCUT2D eigenvalue weighted by molar-refractivity contribution is -0.138. The zero-order valence-corrected chi connectivity index (χ0v) is 15.6. The Morgan fingerprint density at radius 1 is 1.04 bits per heavy atom. The van der Waals surface area contributed by atoms with Crippen LogP contribution < -0.4 is 0 Å². The number of carbonyl (C=O) groups excluding carboxylic acids is 1. The lowest BCUT2D eigenvalue weighted by atomic mass is 9.96. The monoisotopic (exact) mass is 372 g/mol. The minimum Gasteiger partial charge on any atom is -0.506 e. The lowest BCUT2D eigenvalue weighted by Crippen LogP contribution is -2.09. The molecule has 0 aromatic heterocycles. The average Bonchev–Trinajstić information content (AvgIpc) is 2.61. The predicted octanol–water partition coefficient (Wildman–Crippen LogP) is 5.25. The van der Waals surface area contributed by atoms with Gasteiger partial charge in [0, 0.05) is 0 Å². The second kappa shape index (κ2) is 8.19. The van der Waals surface area contributed by atoms with E-state index in [-0.39, 0.29) is 16.3 Å². The minimum absolute atomic E-state index is 0.0179. The van der Waals surface area contributed by atoms with Gasteiger partial charge in [0.05, 0.1) is 16.5 Å². The maximum Gasteiger partial charge on any atom is 0.310 e. The molecule has 136 valence electrons. The van der Waals surface area contributed by atoms with Crippen molar-refractivity contribution in [1.82, 2.24) is 0 Å². The van der Waals surface area contributed by atoms with Gasteiger partial charge in [-0.15, -0.1) is 0 Å². The predicted molar refractivity (Wildman–Crippen MR) is 103 cm³/mol. The number of rotatable bonds is 6.